The van der Waals surface area contributed by atoms with E-state index in [1.807, 2.05) is 20.8 Å². The molecule has 0 aromatic carbocycles. The molecule has 0 amide bonds. The summed E-state index contributed by atoms with van der Waals surface area (Å²) in [5.41, 5.74) is -0.453. The van der Waals surface area contributed by atoms with Gasteiger partial charge in [0.2, 0.25) is 0 Å². The van der Waals surface area contributed by atoms with Crippen molar-refractivity contribution in [1.82, 2.24) is 0 Å². The smallest absolute Gasteiger partial charge is 0.306 e. The van der Waals surface area contributed by atoms with E-state index < -0.39 is 15.7 Å². The van der Waals surface area contributed by atoms with E-state index in [9.17, 15) is 13.2 Å². The lowest BCUT2D eigenvalue weighted by atomic mass is 10.2. The quantitative estimate of drug-likeness (QED) is 0.0700. The molecule has 0 aromatic rings. The molecule has 0 unspecified atom stereocenters. The van der Waals surface area contributed by atoms with Crippen LogP contribution in [0.5, 0.6) is 0 Å². The van der Waals surface area contributed by atoms with Crippen LogP contribution in [0.15, 0.2) is 0 Å². The zero-order valence-electron chi connectivity index (χ0n) is 24.2. The lowest BCUT2D eigenvalue weighted by Crippen LogP contribution is -2.23. The van der Waals surface area contributed by atoms with Gasteiger partial charge in [-0.15, -0.1) is 0 Å². The summed E-state index contributed by atoms with van der Waals surface area (Å²) >= 11 is 0. The Bertz CT molecular complexity index is 653. The van der Waals surface area contributed by atoms with Crippen LogP contribution in [0.25, 0.3) is 0 Å². The van der Waals surface area contributed by atoms with Gasteiger partial charge in [0, 0.05) is 13.0 Å². The second kappa shape index (κ2) is 26.0. The van der Waals surface area contributed by atoms with Crippen LogP contribution in [-0.2, 0) is 61.7 Å². The largest absolute Gasteiger partial charge is 0.460 e. The van der Waals surface area contributed by atoms with Gasteiger partial charge in [-0.25, -0.2) is 0 Å². The number of ether oxygens (including phenoxy) is 9. The van der Waals surface area contributed by atoms with Gasteiger partial charge >= 0.3 is 5.97 Å². The second-order valence-corrected chi connectivity index (χ2v) is 10.8. The van der Waals surface area contributed by atoms with Crippen molar-refractivity contribution in [3.63, 3.8) is 0 Å². The lowest BCUT2D eigenvalue weighted by Gasteiger charge is -2.19. The fourth-order valence-electron chi connectivity index (χ4n) is 2.60. The third-order valence-corrected chi connectivity index (χ3v) is 4.81. The van der Waals surface area contributed by atoms with Crippen LogP contribution in [0.4, 0.5) is 0 Å². The molecule has 0 saturated carbocycles. The monoisotopic (exact) mass is 590 g/mol. The van der Waals surface area contributed by atoms with Crippen molar-refractivity contribution in [2.24, 2.45) is 0 Å². The Hall–Kier alpha value is -0.940. The molecular weight excluding hydrogens is 540 g/mol. The Kier molecular flexibility index (Phi) is 25.4. The van der Waals surface area contributed by atoms with Crippen molar-refractivity contribution in [3.05, 3.63) is 0 Å². The Morgan fingerprint density at radius 3 is 1.08 bits per heavy atom. The summed E-state index contributed by atoms with van der Waals surface area (Å²) in [6, 6.07) is 0. The molecule has 0 aromatic heterocycles. The number of rotatable bonds is 29. The van der Waals surface area contributed by atoms with Gasteiger partial charge in [0.05, 0.1) is 112 Å². The summed E-state index contributed by atoms with van der Waals surface area (Å²) in [5, 5.41) is 0. The number of carbonyl (C=O) groups is 1. The van der Waals surface area contributed by atoms with Gasteiger partial charge in [-0.3, -0.25) is 8.98 Å². The molecule has 0 bridgehead atoms. The van der Waals surface area contributed by atoms with Crippen molar-refractivity contribution in [2.45, 2.75) is 39.2 Å². The van der Waals surface area contributed by atoms with Crippen LogP contribution >= 0.6 is 0 Å². The summed E-state index contributed by atoms with van der Waals surface area (Å²) in [4.78, 5) is 11.6. The first-order valence-electron chi connectivity index (χ1n) is 13.3. The van der Waals surface area contributed by atoms with Crippen molar-refractivity contribution in [3.8, 4) is 0 Å². The average molecular weight is 591 g/mol. The van der Waals surface area contributed by atoms with Gasteiger partial charge in [0.1, 0.15) is 5.60 Å². The summed E-state index contributed by atoms with van der Waals surface area (Å²) in [5.74, 6) is -0.209. The molecule has 0 aliphatic rings. The third-order valence-electron chi connectivity index (χ3n) is 4.22. The van der Waals surface area contributed by atoms with E-state index in [1.165, 1.54) is 0 Å². The van der Waals surface area contributed by atoms with Crippen LogP contribution in [-0.4, -0.2) is 139 Å². The molecule has 0 heterocycles. The topological polar surface area (TPSA) is 144 Å². The van der Waals surface area contributed by atoms with Crippen LogP contribution in [0.1, 0.15) is 33.6 Å². The summed E-state index contributed by atoms with van der Waals surface area (Å²) in [7, 11) is -3.42. The third kappa shape index (κ3) is 35.0. The number of hydrogen-bond acceptors (Lipinski definition) is 13. The molecule has 13 nitrogen and oxygen atoms in total. The van der Waals surface area contributed by atoms with Crippen molar-refractivity contribution < 1.29 is 60.0 Å². The molecule has 14 heteroatoms. The predicted molar refractivity (Wildman–Crippen MR) is 142 cm³/mol. The molecule has 0 fully saturated rings. The highest BCUT2D eigenvalue weighted by Crippen LogP contribution is 2.09. The first-order chi connectivity index (χ1) is 18.6. The number of hydrogen-bond donors (Lipinski definition) is 0. The molecule has 0 N–H and O–H groups in total. The highest BCUT2D eigenvalue weighted by atomic mass is 32.2. The summed E-state index contributed by atoms with van der Waals surface area (Å²) < 4.78 is 74.3. The lowest BCUT2D eigenvalue weighted by molar-refractivity contribution is -0.155. The van der Waals surface area contributed by atoms with E-state index in [-0.39, 0.29) is 19.2 Å². The van der Waals surface area contributed by atoms with Gasteiger partial charge in [0.25, 0.3) is 10.1 Å². The van der Waals surface area contributed by atoms with E-state index >= 15 is 0 Å². The van der Waals surface area contributed by atoms with Gasteiger partial charge in [-0.2, -0.15) is 8.42 Å². The van der Waals surface area contributed by atoms with E-state index in [1.54, 1.807) is 0 Å². The molecule has 0 aliphatic heterocycles. The molecule has 0 rings (SSSR count). The predicted octanol–water partition coefficient (Wildman–Crippen LogP) is 1.22. The molecule has 0 saturated heterocycles. The minimum Gasteiger partial charge on any atom is -0.460 e. The fourth-order valence-corrected chi connectivity index (χ4v) is 2.97. The minimum absolute atomic E-state index is 0.00378. The average Bonchev–Trinajstić information content (AvgIpc) is 2.84. The van der Waals surface area contributed by atoms with E-state index in [2.05, 4.69) is 4.18 Å². The zero-order chi connectivity index (χ0) is 29.1. The first kappa shape index (κ1) is 38.1. The van der Waals surface area contributed by atoms with Crippen molar-refractivity contribution in [1.29, 1.82) is 0 Å². The maximum atomic E-state index is 11.6. The maximum Gasteiger partial charge on any atom is 0.306 e. The molecule has 39 heavy (non-hydrogen) atoms. The molecule has 0 atom stereocenters. The molecular formula is C25H50O13S. The number of carbonyl (C=O) groups excluding carboxylic acids is 1. The Balaban J connectivity index is 3.13. The van der Waals surface area contributed by atoms with Crippen LogP contribution < -0.4 is 0 Å². The molecule has 234 valence electrons. The van der Waals surface area contributed by atoms with Crippen molar-refractivity contribution >= 4 is 16.1 Å². The normalized spacial score (nSPS) is 12.2. The molecule has 0 aliphatic carbocycles. The summed E-state index contributed by atoms with van der Waals surface area (Å²) in [6.07, 6.45) is 1.97. The highest BCUT2D eigenvalue weighted by molar-refractivity contribution is 7.85. The Morgan fingerprint density at radius 1 is 0.513 bits per heavy atom. The maximum absolute atomic E-state index is 11.6. The van der Waals surface area contributed by atoms with E-state index in [4.69, 9.17) is 42.6 Å². The van der Waals surface area contributed by atoms with Crippen LogP contribution in [0.2, 0.25) is 0 Å². The van der Waals surface area contributed by atoms with Gasteiger partial charge < -0.3 is 42.6 Å². The fraction of sp³-hybridized carbons (Fsp3) is 0.960. The Labute approximate surface area is 234 Å². The van der Waals surface area contributed by atoms with Gasteiger partial charge in [-0.05, 0) is 27.2 Å². The van der Waals surface area contributed by atoms with Crippen LogP contribution in [0, 0.1) is 0 Å². The van der Waals surface area contributed by atoms with Crippen LogP contribution in [0.3, 0.4) is 0 Å². The second-order valence-electron chi connectivity index (χ2n) is 9.12. The standard InChI is InChI=1S/C25H50O13S/c1-25(2,3)38-24(26)6-5-7-29-8-9-30-10-11-31-12-13-32-14-15-33-16-17-34-18-19-35-20-21-36-22-23-37-39(4,27)28/h5-23H2,1-4H3. The summed E-state index contributed by atoms with van der Waals surface area (Å²) in [6.45, 7) is 12.6. The first-order valence-corrected chi connectivity index (χ1v) is 15.1. The molecule has 0 radical (unpaired) electrons. The van der Waals surface area contributed by atoms with Gasteiger partial charge in [-0.1, -0.05) is 0 Å². The molecule has 0 spiro atoms. The van der Waals surface area contributed by atoms with Gasteiger partial charge in [0.15, 0.2) is 0 Å². The SMILES string of the molecule is CC(C)(C)OC(=O)CCCOCCOCCOCCOCCOCCOCCOCCOCCOS(C)(=O)=O. The highest BCUT2D eigenvalue weighted by Gasteiger charge is 2.15. The Morgan fingerprint density at radius 2 is 0.795 bits per heavy atom. The van der Waals surface area contributed by atoms with Crippen molar-refractivity contribution in [2.75, 3.05) is 119 Å². The minimum atomic E-state index is -3.42. The van der Waals surface area contributed by atoms with E-state index in [0.29, 0.717) is 112 Å². The van der Waals surface area contributed by atoms with E-state index in [0.717, 1.165) is 6.26 Å². The zero-order valence-corrected chi connectivity index (χ0v) is 25.0. The number of esters is 1.